The number of fused-ring (bicyclic) bond motifs is 2. The summed E-state index contributed by atoms with van der Waals surface area (Å²) in [5.74, 6) is -0.379. The molecule has 8 heteroatoms. The lowest BCUT2D eigenvalue weighted by Gasteiger charge is -2.23. The lowest BCUT2D eigenvalue weighted by Crippen LogP contribution is -2.44. The van der Waals surface area contributed by atoms with E-state index in [1.165, 1.54) is 16.0 Å². The number of rotatable bonds is 3. The summed E-state index contributed by atoms with van der Waals surface area (Å²) in [6, 6.07) is -0.520. The third-order valence-corrected chi connectivity index (χ3v) is 5.72. The van der Waals surface area contributed by atoms with Gasteiger partial charge >= 0.3 is 5.97 Å². The monoisotopic (exact) mass is 334 g/mol. The Balaban J connectivity index is 1.55. The van der Waals surface area contributed by atoms with E-state index >= 15 is 0 Å². The van der Waals surface area contributed by atoms with Crippen molar-refractivity contribution in [2.24, 2.45) is 17.6 Å². The highest BCUT2D eigenvalue weighted by Gasteiger charge is 2.49. The van der Waals surface area contributed by atoms with Crippen molar-refractivity contribution in [3.05, 3.63) is 17.0 Å². The summed E-state index contributed by atoms with van der Waals surface area (Å²) in [5.41, 5.74) is 7.49. The molecule has 0 bridgehead atoms. The van der Waals surface area contributed by atoms with E-state index in [2.05, 4.69) is 10.2 Å². The minimum absolute atomic E-state index is 0.199. The Labute approximate surface area is 136 Å². The van der Waals surface area contributed by atoms with Crippen LogP contribution >= 0.6 is 10.9 Å². The van der Waals surface area contributed by atoms with E-state index in [0.29, 0.717) is 12.5 Å². The van der Waals surface area contributed by atoms with Gasteiger partial charge in [-0.2, -0.15) is 16.0 Å². The molecule has 1 saturated carbocycles. The Morgan fingerprint density at radius 3 is 3.13 bits per heavy atom. The number of nitrogens with zero attached hydrogens (tertiary/aromatic N) is 2. The summed E-state index contributed by atoms with van der Waals surface area (Å²) in [6.07, 6.45) is 3.86. The fourth-order valence-electron chi connectivity index (χ4n) is 3.94. The molecule has 1 amide bonds. The zero-order valence-electron chi connectivity index (χ0n) is 12.5. The van der Waals surface area contributed by atoms with Crippen LogP contribution in [0.2, 0.25) is 0 Å². The van der Waals surface area contributed by atoms with Crippen LogP contribution in [0.15, 0.2) is 0 Å². The number of aromatic amines is 1. The van der Waals surface area contributed by atoms with Crippen LogP contribution in [0.25, 0.3) is 0 Å². The van der Waals surface area contributed by atoms with E-state index in [-0.39, 0.29) is 11.6 Å². The molecule has 3 heterocycles. The fraction of sp³-hybridized carbons (Fsp3) is 0.533. The molecule has 23 heavy (non-hydrogen) atoms. The van der Waals surface area contributed by atoms with E-state index in [1.807, 2.05) is 10.7 Å². The van der Waals surface area contributed by atoms with Crippen LogP contribution in [0, 0.1) is 11.8 Å². The van der Waals surface area contributed by atoms with Gasteiger partial charge in [0.2, 0.25) is 5.91 Å². The van der Waals surface area contributed by atoms with Crippen molar-refractivity contribution in [2.75, 3.05) is 6.54 Å². The summed E-state index contributed by atoms with van der Waals surface area (Å²) in [7, 11) is 1.53. The Hall–Kier alpha value is -1.93. The van der Waals surface area contributed by atoms with Gasteiger partial charge in [0, 0.05) is 29.6 Å². The molecular formula is C15H18N4O3S. The van der Waals surface area contributed by atoms with E-state index in [1.54, 1.807) is 0 Å². The van der Waals surface area contributed by atoms with Crippen molar-refractivity contribution in [1.29, 1.82) is 0 Å². The van der Waals surface area contributed by atoms with Gasteiger partial charge in [-0.15, -0.1) is 5.06 Å². The lowest BCUT2D eigenvalue weighted by molar-refractivity contribution is -0.149. The maximum atomic E-state index is 12.5. The first-order chi connectivity index (χ1) is 11.1. The van der Waals surface area contributed by atoms with Gasteiger partial charge in [0.1, 0.15) is 6.04 Å². The van der Waals surface area contributed by atoms with Crippen molar-refractivity contribution in [1.82, 2.24) is 15.3 Å². The number of aromatic nitrogens is 2. The zero-order chi connectivity index (χ0) is 16.0. The van der Waals surface area contributed by atoms with Gasteiger partial charge in [-0.1, -0.05) is 6.42 Å². The second-order valence-electron chi connectivity index (χ2n) is 6.27. The standard InChI is InChI=1S/C15H18N4O3S/c16-14(20)13-9-3-1-2-8(9)6-19(13)22-15(21)12-10-7-23-5-4-11(10)17-18-12/h5,7-9,13H,1-4,6H2,(H2,16,20)(H,17,18). The first kappa shape index (κ1) is 14.6. The van der Waals surface area contributed by atoms with Gasteiger partial charge in [-0.3, -0.25) is 9.89 Å². The summed E-state index contributed by atoms with van der Waals surface area (Å²) >= 11 is 0. The molecule has 1 aromatic rings. The molecule has 3 N–H and O–H groups in total. The first-order valence-electron chi connectivity index (χ1n) is 7.81. The van der Waals surface area contributed by atoms with E-state index in [0.717, 1.165) is 36.9 Å². The molecule has 1 aromatic heterocycles. The van der Waals surface area contributed by atoms with Crippen LogP contribution < -0.4 is 5.73 Å². The third kappa shape index (κ3) is 2.42. The molecule has 2 fully saturated rings. The number of hydrogen-bond donors (Lipinski definition) is 2. The number of nitrogens with two attached hydrogens (primary N) is 1. The van der Waals surface area contributed by atoms with Crippen LogP contribution in [-0.2, 0) is 16.1 Å². The smallest absolute Gasteiger partial charge is 0.368 e. The molecular weight excluding hydrogens is 316 g/mol. The van der Waals surface area contributed by atoms with Crippen LogP contribution in [0.5, 0.6) is 0 Å². The quantitative estimate of drug-likeness (QED) is 0.775. The minimum atomic E-state index is -0.535. The van der Waals surface area contributed by atoms with Crippen LogP contribution in [0.4, 0.5) is 0 Å². The average molecular weight is 334 g/mol. The molecule has 0 radical (unpaired) electrons. The second-order valence-corrected chi connectivity index (χ2v) is 7.11. The number of hydroxylamine groups is 2. The van der Waals surface area contributed by atoms with Gasteiger partial charge in [0.25, 0.3) is 0 Å². The van der Waals surface area contributed by atoms with E-state index in [4.69, 9.17) is 10.6 Å². The van der Waals surface area contributed by atoms with Crippen LogP contribution in [-0.4, -0.2) is 50.5 Å². The van der Waals surface area contributed by atoms with Gasteiger partial charge in [-0.05, 0) is 30.0 Å². The van der Waals surface area contributed by atoms with Gasteiger partial charge in [-0.25, -0.2) is 4.79 Å². The van der Waals surface area contributed by atoms with E-state index < -0.39 is 17.9 Å². The number of carbonyl (C=O) groups excluding carboxylic acids is 2. The molecule has 0 spiro atoms. The maximum absolute atomic E-state index is 12.5. The highest BCUT2D eigenvalue weighted by Crippen LogP contribution is 2.42. The number of hydrogen-bond acceptors (Lipinski definition) is 5. The largest absolute Gasteiger partial charge is 0.378 e. The van der Waals surface area contributed by atoms with Crippen LogP contribution in [0.3, 0.4) is 0 Å². The molecule has 1 aliphatic carbocycles. The molecule has 3 atom stereocenters. The number of carbonyl (C=O) groups is 2. The SMILES string of the molecule is NC(=O)C1C2CCCC2CN1OC(=O)c1n[nH]c2c1C=S=CC2. The summed E-state index contributed by atoms with van der Waals surface area (Å²) in [4.78, 5) is 29.8. The fourth-order valence-corrected chi connectivity index (χ4v) is 4.68. The van der Waals surface area contributed by atoms with Crippen molar-refractivity contribution >= 4 is 33.6 Å². The van der Waals surface area contributed by atoms with Crippen LogP contribution in [0.1, 0.15) is 41.0 Å². The number of H-pyrrole nitrogens is 1. The summed E-state index contributed by atoms with van der Waals surface area (Å²) in [6.45, 7) is 0.572. The summed E-state index contributed by atoms with van der Waals surface area (Å²) in [5, 5.41) is 12.3. The normalized spacial score (nSPS) is 29.0. The Morgan fingerprint density at radius 1 is 1.43 bits per heavy atom. The van der Waals surface area contributed by atoms with Gasteiger partial charge in [0.05, 0.1) is 0 Å². The number of primary amides is 1. The maximum Gasteiger partial charge on any atom is 0.378 e. The molecule has 2 aliphatic heterocycles. The zero-order valence-corrected chi connectivity index (χ0v) is 13.3. The number of nitrogens with one attached hydrogen (secondary N) is 1. The molecule has 0 aromatic carbocycles. The first-order valence-corrected chi connectivity index (χ1v) is 8.75. The van der Waals surface area contributed by atoms with Crippen molar-refractivity contribution in [3.8, 4) is 0 Å². The molecule has 122 valence electrons. The molecule has 1 saturated heterocycles. The lowest BCUT2D eigenvalue weighted by atomic mass is 9.94. The Morgan fingerprint density at radius 2 is 2.30 bits per heavy atom. The third-order valence-electron chi connectivity index (χ3n) is 4.99. The molecule has 3 aliphatic rings. The second kappa shape index (κ2) is 5.61. The predicted octanol–water partition coefficient (Wildman–Crippen LogP) is 0.309. The Kier molecular flexibility index (Phi) is 3.57. The Bertz CT molecular complexity index is 737. The predicted molar refractivity (Wildman–Crippen MR) is 87.0 cm³/mol. The van der Waals surface area contributed by atoms with Crippen molar-refractivity contribution < 1.29 is 14.4 Å². The topological polar surface area (TPSA) is 101 Å². The summed E-state index contributed by atoms with van der Waals surface area (Å²) < 4.78 is 0. The highest BCUT2D eigenvalue weighted by atomic mass is 32.1. The van der Waals surface area contributed by atoms with E-state index in [9.17, 15) is 9.59 Å². The average Bonchev–Trinajstić information content (AvgIpc) is 3.19. The van der Waals surface area contributed by atoms with Gasteiger partial charge in [0.15, 0.2) is 5.69 Å². The molecule has 3 unspecified atom stereocenters. The molecule has 7 nitrogen and oxygen atoms in total. The number of amides is 1. The highest BCUT2D eigenvalue weighted by molar-refractivity contribution is 7.96. The van der Waals surface area contributed by atoms with Crippen molar-refractivity contribution in [3.63, 3.8) is 0 Å². The van der Waals surface area contributed by atoms with Crippen molar-refractivity contribution in [2.45, 2.75) is 31.7 Å². The minimum Gasteiger partial charge on any atom is -0.368 e. The molecule has 4 rings (SSSR count). The van der Waals surface area contributed by atoms with Gasteiger partial charge < -0.3 is 10.6 Å².